The van der Waals surface area contributed by atoms with Crippen molar-refractivity contribution in [1.82, 2.24) is 20.2 Å². The number of pyridine rings is 1. The summed E-state index contributed by atoms with van der Waals surface area (Å²) in [5, 5.41) is 22.8. The molecule has 5 rings (SSSR count). The van der Waals surface area contributed by atoms with Crippen molar-refractivity contribution in [1.29, 1.82) is 0 Å². The maximum absolute atomic E-state index is 12.4. The molecule has 0 atom stereocenters. The first-order chi connectivity index (χ1) is 17.4. The predicted molar refractivity (Wildman–Crippen MR) is 131 cm³/mol. The van der Waals surface area contributed by atoms with E-state index in [1.165, 1.54) is 9.80 Å². The van der Waals surface area contributed by atoms with Crippen LogP contribution >= 0.6 is 11.6 Å². The van der Waals surface area contributed by atoms with Crippen molar-refractivity contribution in [3.05, 3.63) is 46.4 Å². The summed E-state index contributed by atoms with van der Waals surface area (Å²) in [7, 11) is 0. The number of carbonyl (C=O) groups is 2. The van der Waals surface area contributed by atoms with E-state index in [9.17, 15) is 19.9 Å². The fraction of sp³-hybridized carbons (Fsp3) is 0.435. The van der Waals surface area contributed by atoms with Crippen LogP contribution in [0.25, 0.3) is 0 Å². The van der Waals surface area contributed by atoms with Crippen LogP contribution in [-0.2, 0) is 6.54 Å². The van der Waals surface area contributed by atoms with Crippen molar-refractivity contribution in [2.75, 3.05) is 49.5 Å². The number of likely N-dealkylation sites (tertiary alicyclic amines) is 1. The normalized spacial score (nSPS) is 18.0. The zero-order chi connectivity index (χ0) is 25.2. The average Bonchev–Trinajstić information content (AvgIpc) is 2.87. The van der Waals surface area contributed by atoms with Crippen LogP contribution in [0.2, 0.25) is 5.02 Å². The van der Waals surface area contributed by atoms with E-state index >= 15 is 0 Å². The van der Waals surface area contributed by atoms with Crippen molar-refractivity contribution in [3.63, 3.8) is 0 Å². The van der Waals surface area contributed by atoms with E-state index in [0.717, 1.165) is 0 Å². The number of carboxylic acid groups (broad SMARTS) is 1. The van der Waals surface area contributed by atoms with Gasteiger partial charge in [0, 0.05) is 43.3 Å². The lowest BCUT2D eigenvalue weighted by atomic mass is 10.0. The van der Waals surface area contributed by atoms with E-state index < -0.39 is 12.1 Å². The lowest BCUT2D eigenvalue weighted by Crippen LogP contribution is -2.54. The molecule has 1 saturated heterocycles. The van der Waals surface area contributed by atoms with Gasteiger partial charge in [0.05, 0.1) is 29.8 Å². The predicted octanol–water partition coefficient (Wildman–Crippen LogP) is 2.90. The highest BCUT2D eigenvalue weighted by Gasteiger charge is 2.30. The van der Waals surface area contributed by atoms with E-state index in [1.807, 2.05) is 0 Å². The summed E-state index contributed by atoms with van der Waals surface area (Å²) in [6, 6.07) is 5.83. The van der Waals surface area contributed by atoms with Gasteiger partial charge in [-0.25, -0.2) is 9.59 Å². The standard InChI is InChI=1S/C23H26ClN6O6/c24-15-1-2-18-19(11-15)28(22(31)26-30(18)34)8-7-27-5-3-17(4-6-27)29(23(32)33)14-16-12-20-21(13-25-16)36-10-9-35-20/h1-2,11-13,17H,3-10,14H2,(H,26,31)(H,32,33)/q-1. The Labute approximate surface area is 212 Å². The number of amides is 3. The highest BCUT2D eigenvalue weighted by atomic mass is 35.5. The molecule has 3 amide bonds. The number of anilines is 2. The number of fused-ring (bicyclic) bond motifs is 2. The minimum atomic E-state index is -0.995. The first-order valence-electron chi connectivity index (χ1n) is 11.7. The van der Waals surface area contributed by atoms with E-state index in [1.54, 1.807) is 30.5 Å². The fourth-order valence-electron chi connectivity index (χ4n) is 4.72. The third-order valence-electron chi connectivity index (χ3n) is 6.59. The molecule has 1 fully saturated rings. The third-order valence-corrected chi connectivity index (χ3v) is 6.83. The lowest BCUT2D eigenvalue weighted by Gasteiger charge is -2.42. The van der Waals surface area contributed by atoms with Crippen LogP contribution in [0.1, 0.15) is 18.5 Å². The molecule has 0 unspecified atom stereocenters. The van der Waals surface area contributed by atoms with Gasteiger partial charge in [-0.05, 0) is 31.0 Å². The molecule has 1 aromatic carbocycles. The molecule has 2 aromatic rings. The number of aromatic nitrogens is 1. The number of halogens is 1. The van der Waals surface area contributed by atoms with Crippen LogP contribution in [0.4, 0.5) is 21.0 Å². The fourth-order valence-corrected chi connectivity index (χ4v) is 4.89. The van der Waals surface area contributed by atoms with Gasteiger partial charge in [0.25, 0.3) is 0 Å². The molecular weight excluding hydrogens is 492 g/mol. The summed E-state index contributed by atoms with van der Waals surface area (Å²) >= 11 is 6.09. The molecule has 0 spiro atoms. The van der Waals surface area contributed by atoms with E-state index in [2.05, 4.69) is 15.3 Å². The van der Waals surface area contributed by atoms with Gasteiger partial charge in [-0.1, -0.05) is 11.6 Å². The molecule has 13 heteroatoms. The zero-order valence-corrected chi connectivity index (χ0v) is 20.2. The maximum Gasteiger partial charge on any atom is 0.407 e. The van der Waals surface area contributed by atoms with Gasteiger partial charge in [-0.3, -0.25) is 20.2 Å². The number of nitrogens with zero attached hydrogens (tertiary/aromatic N) is 5. The Balaban J connectivity index is 1.18. The minimum absolute atomic E-state index is 0.152. The molecule has 36 heavy (non-hydrogen) atoms. The number of piperidine rings is 1. The molecule has 0 radical (unpaired) electrons. The topological polar surface area (TPSA) is 134 Å². The number of hydrogen-bond acceptors (Lipinski definition) is 8. The number of ether oxygens (including phenoxy) is 2. The average molecular weight is 518 g/mol. The smallest absolute Gasteiger partial charge is 0.407 e. The Morgan fingerprint density at radius 3 is 2.67 bits per heavy atom. The molecule has 0 saturated carbocycles. The first kappa shape index (κ1) is 24.2. The Morgan fingerprint density at radius 2 is 1.92 bits per heavy atom. The van der Waals surface area contributed by atoms with Crippen LogP contribution < -0.4 is 25.0 Å². The van der Waals surface area contributed by atoms with E-state index in [0.29, 0.717) is 91.0 Å². The molecule has 12 nitrogen and oxygen atoms in total. The number of rotatable bonds is 6. The lowest BCUT2D eigenvalue weighted by molar-refractivity contribution is 0.0864. The Bertz CT molecular complexity index is 1140. The second-order valence-corrected chi connectivity index (χ2v) is 9.24. The molecule has 3 aliphatic heterocycles. The first-order valence-corrected chi connectivity index (χ1v) is 12.1. The number of hydrazine groups is 1. The van der Waals surface area contributed by atoms with Gasteiger partial charge in [-0.2, -0.15) is 0 Å². The minimum Gasteiger partial charge on any atom is -0.739 e. The van der Waals surface area contributed by atoms with Gasteiger partial charge in [0.1, 0.15) is 13.2 Å². The van der Waals surface area contributed by atoms with Gasteiger partial charge in [0.2, 0.25) is 0 Å². The molecule has 0 bridgehead atoms. The van der Waals surface area contributed by atoms with E-state index in [-0.39, 0.29) is 12.6 Å². The summed E-state index contributed by atoms with van der Waals surface area (Å²) in [5.74, 6) is 1.14. The third kappa shape index (κ3) is 5.06. The number of nitrogens with one attached hydrogen (secondary N) is 1. The molecule has 1 aromatic heterocycles. The monoisotopic (exact) mass is 517 g/mol. The summed E-state index contributed by atoms with van der Waals surface area (Å²) in [6.07, 6.45) is 1.88. The van der Waals surface area contributed by atoms with Crippen LogP contribution in [0.3, 0.4) is 0 Å². The molecular formula is C23H26ClN6O6-. The van der Waals surface area contributed by atoms with Crippen molar-refractivity contribution in [2.45, 2.75) is 25.4 Å². The van der Waals surface area contributed by atoms with Crippen LogP contribution in [0.15, 0.2) is 30.5 Å². The number of carbonyl (C=O) groups excluding carboxylic acids is 1. The molecule has 3 aliphatic rings. The van der Waals surface area contributed by atoms with Gasteiger partial charge < -0.3 is 29.9 Å². The largest absolute Gasteiger partial charge is 0.739 e. The Kier molecular flexibility index (Phi) is 6.90. The summed E-state index contributed by atoms with van der Waals surface area (Å²) in [4.78, 5) is 33.9. The highest BCUT2D eigenvalue weighted by Crippen LogP contribution is 2.34. The quantitative estimate of drug-likeness (QED) is 0.593. The van der Waals surface area contributed by atoms with Gasteiger partial charge in [0.15, 0.2) is 11.5 Å². The van der Waals surface area contributed by atoms with Crippen LogP contribution in [-0.4, -0.2) is 77.4 Å². The van der Waals surface area contributed by atoms with Crippen LogP contribution in [0.5, 0.6) is 11.5 Å². The second kappa shape index (κ2) is 10.2. The molecule has 2 N–H and O–H groups in total. The van der Waals surface area contributed by atoms with Crippen molar-refractivity contribution in [2.24, 2.45) is 0 Å². The molecule has 4 heterocycles. The highest BCUT2D eigenvalue weighted by molar-refractivity contribution is 6.31. The maximum atomic E-state index is 12.4. The van der Waals surface area contributed by atoms with Gasteiger partial charge >= 0.3 is 12.1 Å². The zero-order valence-electron chi connectivity index (χ0n) is 19.4. The Hall–Kier alpha value is -3.48. The number of benzene rings is 1. The van der Waals surface area contributed by atoms with E-state index in [4.69, 9.17) is 21.1 Å². The summed E-state index contributed by atoms with van der Waals surface area (Å²) < 4.78 is 11.1. The van der Waals surface area contributed by atoms with Crippen molar-refractivity contribution < 1.29 is 24.2 Å². The summed E-state index contributed by atoms with van der Waals surface area (Å²) in [5.41, 5.74) is 3.66. The second-order valence-electron chi connectivity index (χ2n) is 8.80. The number of hydrogen-bond donors (Lipinski definition) is 2. The number of urea groups is 1. The van der Waals surface area contributed by atoms with Gasteiger partial charge in [-0.15, -0.1) is 0 Å². The SMILES string of the molecule is O=C1NN([O-])c2ccc(Cl)cc2N1CCN1CCC(N(Cc2cc3c(cn2)OCCO3)C(=O)O)CC1. The van der Waals surface area contributed by atoms with Crippen molar-refractivity contribution >= 4 is 35.1 Å². The summed E-state index contributed by atoms with van der Waals surface area (Å²) in [6.45, 7) is 3.36. The molecule has 192 valence electrons. The van der Waals surface area contributed by atoms with Crippen LogP contribution in [0, 0.1) is 5.21 Å². The van der Waals surface area contributed by atoms with Crippen molar-refractivity contribution in [3.8, 4) is 11.5 Å². The molecule has 0 aliphatic carbocycles. The Morgan fingerprint density at radius 1 is 1.17 bits per heavy atom.